The summed E-state index contributed by atoms with van der Waals surface area (Å²) in [5.74, 6) is -0.00263. The summed E-state index contributed by atoms with van der Waals surface area (Å²) >= 11 is 6.19. The Labute approximate surface area is 114 Å². The van der Waals surface area contributed by atoms with E-state index in [0.29, 0.717) is 27.3 Å². The molecule has 3 aromatic rings. The van der Waals surface area contributed by atoms with Gasteiger partial charge in [-0.3, -0.25) is 4.57 Å². The lowest BCUT2D eigenvalue weighted by Gasteiger charge is -2.08. The van der Waals surface area contributed by atoms with Gasteiger partial charge in [0.15, 0.2) is 0 Å². The standard InChI is InChI=1S/C14H11ClFN3/c1-8-5-6-9(7-11(8)16)19-13-10(15)3-2-4-12(13)18-14(19)17/h2-7H,1H3,(H2,17,18). The molecule has 0 radical (unpaired) electrons. The summed E-state index contributed by atoms with van der Waals surface area (Å²) in [5, 5.41) is 0.530. The van der Waals surface area contributed by atoms with Gasteiger partial charge in [0.25, 0.3) is 0 Å². The molecule has 0 aliphatic heterocycles. The Hall–Kier alpha value is -2.07. The van der Waals surface area contributed by atoms with Crippen LogP contribution in [-0.2, 0) is 0 Å². The van der Waals surface area contributed by atoms with Gasteiger partial charge in [0, 0.05) is 0 Å². The number of hydrogen-bond acceptors (Lipinski definition) is 2. The Bertz CT molecular complexity index is 780. The van der Waals surface area contributed by atoms with E-state index in [4.69, 9.17) is 17.3 Å². The van der Waals surface area contributed by atoms with Crippen molar-refractivity contribution in [3.63, 3.8) is 0 Å². The summed E-state index contributed by atoms with van der Waals surface area (Å²) in [6.07, 6.45) is 0. The van der Waals surface area contributed by atoms with Crippen LogP contribution < -0.4 is 5.73 Å². The number of halogens is 2. The average Bonchev–Trinajstić information content (AvgIpc) is 2.70. The molecule has 5 heteroatoms. The molecule has 0 atom stereocenters. The minimum Gasteiger partial charge on any atom is -0.369 e. The van der Waals surface area contributed by atoms with E-state index in [1.54, 1.807) is 35.8 Å². The quantitative estimate of drug-likeness (QED) is 0.736. The van der Waals surface area contributed by atoms with Crippen LogP contribution in [-0.4, -0.2) is 9.55 Å². The molecule has 0 saturated heterocycles. The van der Waals surface area contributed by atoms with Gasteiger partial charge in [0.2, 0.25) is 5.95 Å². The Morgan fingerprint density at radius 2 is 2.05 bits per heavy atom. The molecule has 0 amide bonds. The highest BCUT2D eigenvalue weighted by Gasteiger charge is 2.13. The number of benzene rings is 2. The third-order valence-electron chi connectivity index (χ3n) is 3.07. The number of hydrogen-bond donors (Lipinski definition) is 1. The number of nitrogens with two attached hydrogens (primary N) is 1. The zero-order valence-corrected chi connectivity index (χ0v) is 10.9. The minimum atomic E-state index is -0.286. The number of nitrogens with zero attached hydrogens (tertiary/aromatic N) is 2. The molecule has 0 unspecified atom stereocenters. The molecule has 96 valence electrons. The SMILES string of the molecule is Cc1ccc(-n2c(N)nc3cccc(Cl)c32)cc1F. The lowest BCUT2D eigenvalue weighted by Crippen LogP contribution is -2.01. The molecule has 3 rings (SSSR count). The van der Waals surface area contributed by atoms with Crippen LogP contribution in [0, 0.1) is 12.7 Å². The van der Waals surface area contributed by atoms with E-state index in [1.807, 2.05) is 6.07 Å². The molecule has 0 spiro atoms. The van der Waals surface area contributed by atoms with Crippen molar-refractivity contribution < 1.29 is 4.39 Å². The van der Waals surface area contributed by atoms with Crippen LogP contribution in [0.5, 0.6) is 0 Å². The molecule has 2 N–H and O–H groups in total. The normalized spacial score (nSPS) is 11.1. The van der Waals surface area contributed by atoms with Gasteiger partial charge < -0.3 is 5.73 Å². The van der Waals surface area contributed by atoms with Crippen molar-refractivity contribution in [1.82, 2.24) is 9.55 Å². The highest BCUT2D eigenvalue weighted by molar-refractivity contribution is 6.35. The van der Waals surface area contributed by atoms with Gasteiger partial charge >= 0.3 is 0 Å². The third-order valence-corrected chi connectivity index (χ3v) is 3.37. The first-order valence-electron chi connectivity index (χ1n) is 5.77. The molecule has 1 heterocycles. The average molecular weight is 276 g/mol. The van der Waals surface area contributed by atoms with Crippen LogP contribution in [0.4, 0.5) is 10.3 Å². The monoisotopic (exact) mass is 275 g/mol. The van der Waals surface area contributed by atoms with E-state index in [-0.39, 0.29) is 11.8 Å². The molecular weight excluding hydrogens is 265 g/mol. The number of fused-ring (bicyclic) bond motifs is 1. The predicted octanol–water partition coefficient (Wildman–Crippen LogP) is 3.71. The van der Waals surface area contributed by atoms with Gasteiger partial charge in [-0.15, -0.1) is 0 Å². The van der Waals surface area contributed by atoms with Gasteiger partial charge in [-0.2, -0.15) is 0 Å². The third kappa shape index (κ3) is 1.85. The first kappa shape index (κ1) is 12.0. The molecule has 1 aromatic heterocycles. The highest BCUT2D eigenvalue weighted by atomic mass is 35.5. The fourth-order valence-electron chi connectivity index (χ4n) is 2.09. The number of anilines is 1. The van der Waals surface area contributed by atoms with E-state index in [9.17, 15) is 4.39 Å². The van der Waals surface area contributed by atoms with Gasteiger partial charge in [-0.05, 0) is 36.8 Å². The van der Waals surface area contributed by atoms with E-state index in [2.05, 4.69) is 4.98 Å². The van der Waals surface area contributed by atoms with Crippen molar-refractivity contribution in [2.45, 2.75) is 6.92 Å². The Morgan fingerprint density at radius 3 is 2.79 bits per heavy atom. The summed E-state index contributed by atoms with van der Waals surface area (Å²) < 4.78 is 15.3. The summed E-state index contributed by atoms with van der Waals surface area (Å²) in [4.78, 5) is 4.24. The van der Waals surface area contributed by atoms with E-state index in [0.717, 1.165) is 0 Å². The van der Waals surface area contributed by atoms with E-state index in [1.165, 1.54) is 6.07 Å². The Morgan fingerprint density at radius 1 is 1.26 bits per heavy atom. The molecule has 3 nitrogen and oxygen atoms in total. The fourth-order valence-corrected chi connectivity index (χ4v) is 2.34. The maximum atomic E-state index is 13.7. The lowest BCUT2D eigenvalue weighted by atomic mass is 10.2. The highest BCUT2D eigenvalue weighted by Crippen LogP contribution is 2.29. The number of imidazole rings is 1. The first-order valence-corrected chi connectivity index (χ1v) is 6.14. The fraction of sp³-hybridized carbons (Fsp3) is 0.0714. The summed E-state index contributed by atoms with van der Waals surface area (Å²) in [6, 6.07) is 10.3. The maximum Gasteiger partial charge on any atom is 0.205 e. The topological polar surface area (TPSA) is 43.8 Å². The number of aryl methyl sites for hydroxylation is 1. The molecule has 0 saturated carbocycles. The second-order valence-corrected chi connectivity index (χ2v) is 4.75. The molecule has 2 aromatic carbocycles. The predicted molar refractivity (Wildman–Crippen MR) is 75.2 cm³/mol. The maximum absolute atomic E-state index is 13.7. The van der Waals surface area contributed by atoms with Crippen LogP contribution in [0.2, 0.25) is 5.02 Å². The van der Waals surface area contributed by atoms with Gasteiger partial charge in [-0.1, -0.05) is 23.7 Å². The van der Waals surface area contributed by atoms with Crippen LogP contribution in [0.1, 0.15) is 5.56 Å². The van der Waals surface area contributed by atoms with Crippen LogP contribution in [0.15, 0.2) is 36.4 Å². The molecular formula is C14H11ClFN3. The molecule has 0 fully saturated rings. The molecule has 0 bridgehead atoms. The Kier molecular flexibility index (Phi) is 2.68. The van der Waals surface area contributed by atoms with Crippen LogP contribution >= 0.6 is 11.6 Å². The molecule has 0 aliphatic carbocycles. The second kappa shape index (κ2) is 4.24. The van der Waals surface area contributed by atoms with Crippen molar-refractivity contribution in [1.29, 1.82) is 0 Å². The summed E-state index contributed by atoms with van der Waals surface area (Å²) in [6.45, 7) is 1.71. The zero-order chi connectivity index (χ0) is 13.6. The first-order chi connectivity index (χ1) is 9.08. The largest absolute Gasteiger partial charge is 0.369 e. The summed E-state index contributed by atoms with van der Waals surface area (Å²) in [5.41, 5.74) is 8.47. The van der Waals surface area contributed by atoms with Crippen LogP contribution in [0.25, 0.3) is 16.7 Å². The number of nitrogen functional groups attached to an aromatic ring is 1. The van der Waals surface area contributed by atoms with E-state index >= 15 is 0 Å². The number of aromatic nitrogens is 2. The van der Waals surface area contributed by atoms with Crippen molar-refractivity contribution >= 4 is 28.6 Å². The van der Waals surface area contributed by atoms with Gasteiger partial charge in [-0.25, -0.2) is 9.37 Å². The smallest absolute Gasteiger partial charge is 0.205 e. The molecule has 19 heavy (non-hydrogen) atoms. The van der Waals surface area contributed by atoms with Crippen LogP contribution in [0.3, 0.4) is 0 Å². The molecule has 0 aliphatic rings. The van der Waals surface area contributed by atoms with Gasteiger partial charge in [0.05, 0.1) is 21.7 Å². The summed E-state index contributed by atoms with van der Waals surface area (Å²) in [7, 11) is 0. The number of para-hydroxylation sites is 1. The Balaban J connectivity index is 2.35. The number of rotatable bonds is 1. The van der Waals surface area contributed by atoms with Crippen molar-refractivity contribution in [2.75, 3.05) is 5.73 Å². The van der Waals surface area contributed by atoms with Crippen molar-refractivity contribution in [3.8, 4) is 5.69 Å². The second-order valence-electron chi connectivity index (χ2n) is 4.35. The van der Waals surface area contributed by atoms with E-state index < -0.39 is 0 Å². The lowest BCUT2D eigenvalue weighted by molar-refractivity contribution is 0.617. The minimum absolute atomic E-state index is 0.284. The van der Waals surface area contributed by atoms with Gasteiger partial charge in [0.1, 0.15) is 5.82 Å². The van der Waals surface area contributed by atoms with Crippen molar-refractivity contribution in [3.05, 3.63) is 52.8 Å². The van der Waals surface area contributed by atoms with Crippen molar-refractivity contribution in [2.24, 2.45) is 0 Å². The zero-order valence-electron chi connectivity index (χ0n) is 10.2.